The third kappa shape index (κ3) is 2.68. The SMILES string of the molecule is CN(C)C(=O)c1cc(Br)cnc1N(C)C. The van der Waals surface area contributed by atoms with Gasteiger partial charge < -0.3 is 9.80 Å². The summed E-state index contributed by atoms with van der Waals surface area (Å²) in [5.74, 6) is 0.629. The van der Waals surface area contributed by atoms with Crippen LogP contribution in [0.2, 0.25) is 0 Å². The molecule has 0 bridgehead atoms. The molecule has 0 N–H and O–H groups in total. The van der Waals surface area contributed by atoms with Crippen molar-refractivity contribution in [3.8, 4) is 0 Å². The molecule has 1 amide bonds. The zero-order chi connectivity index (χ0) is 11.6. The van der Waals surface area contributed by atoms with Crippen molar-refractivity contribution < 1.29 is 4.79 Å². The fraction of sp³-hybridized carbons (Fsp3) is 0.400. The number of hydrogen-bond acceptors (Lipinski definition) is 3. The van der Waals surface area contributed by atoms with Crippen LogP contribution in [0.4, 0.5) is 5.82 Å². The van der Waals surface area contributed by atoms with Crippen LogP contribution in [0.5, 0.6) is 0 Å². The Kier molecular flexibility index (Phi) is 3.68. The molecule has 1 rings (SSSR count). The number of anilines is 1. The molecular weight excluding hydrogens is 258 g/mol. The van der Waals surface area contributed by atoms with Crippen LogP contribution in [-0.4, -0.2) is 44.0 Å². The van der Waals surface area contributed by atoms with E-state index in [1.165, 1.54) is 4.90 Å². The van der Waals surface area contributed by atoms with E-state index in [1.807, 2.05) is 19.0 Å². The Hall–Kier alpha value is -1.10. The van der Waals surface area contributed by atoms with Crippen molar-refractivity contribution in [3.05, 3.63) is 22.3 Å². The van der Waals surface area contributed by atoms with Crippen LogP contribution in [-0.2, 0) is 0 Å². The minimum Gasteiger partial charge on any atom is -0.362 e. The maximum Gasteiger partial charge on any atom is 0.257 e. The molecule has 0 fully saturated rings. The predicted molar refractivity (Wildman–Crippen MR) is 64.3 cm³/mol. The summed E-state index contributed by atoms with van der Waals surface area (Å²) in [6.45, 7) is 0. The fourth-order valence-electron chi connectivity index (χ4n) is 1.19. The highest BCUT2D eigenvalue weighted by molar-refractivity contribution is 9.10. The van der Waals surface area contributed by atoms with E-state index in [2.05, 4.69) is 20.9 Å². The normalized spacial score (nSPS) is 9.93. The number of pyridine rings is 1. The van der Waals surface area contributed by atoms with Crippen LogP contribution in [0.1, 0.15) is 10.4 Å². The topological polar surface area (TPSA) is 36.4 Å². The van der Waals surface area contributed by atoms with E-state index >= 15 is 0 Å². The maximum absolute atomic E-state index is 11.9. The summed E-state index contributed by atoms with van der Waals surface area (Å²) >= 11 is 3.31. The zero-order valence-corrected chi connectivity index (χ0v) is 10.9. The van der Waals surface area contributed by atoms with Gasteiger partial charge in [0.25, 0.3) is 5.91 Å². The summed E-state index contributed by atoms with van der Waals surface area (Å²) in [5, 5.41) is 0. The van der Waals surface area contributed by atoms with Crippen molar-refractivity contribution in [1.82, 2.24) is 9.88 Å². The van der Waals surface area contributed by atoms with E-state index in [9.17, 15) is 4.79 Å². The molecule has 4 nitrogen and oxygen atoms in total. The minimum atomic E-state index is -0.0486. The van der Waals surface area contributed by atoms with Gasteiger partial charge in [0.05, 0.1) is 5.56 Å². The Labute approximate surface area is 98.0 Å². The Balaban J connectivity index is 3.24. The molecule has 15 heavy (non-hydrogen) atoms. The first-order valence-electron chi connectivity index (χ1n) is 4.48. The smallest absolute Gasteiger partial charge is 0.257 e. The molecule has 0 spiro atoms. The molecule has 0 saturated heterocycles. The summed E-state index contributed by atoms with van der Waals surface area (Å²) in [6, 6.07) is 1.78. The van der Waals surface area contributed by atoms with Gasteiger partial charge in [-0.05, 0) is 22.0 Å². The summed E-state index contributed by atoms with van der Waals surface area (Å²) in [4.78, 5) is 19.4. The van der Waals surface area contributed by atoms with Crippen LogP contribution < -0.4 is 4.90 Å². The van der Waals surface area contributed by atoms with E-state index < -0.39 is 0 Å². The molecule has 0 aliphatic rings. The largest absolute Gasteiger partial charge is 0.362 e. The molecule has 5 heteroatoms. The van der Waals surface area contributed by atoms with Crippen molar-refractivity contribution in [2.24, 2.45) is 0 Å². The number of carbonyl (C=O) groups is 1. The Morgan fingerprint density at radius 1 is 1.33 bits per heavy atom. The second-order valence-corrected chi connectivity index (χ2v) is 4.53. The minimum absolute atomic E-state index is 0.0486. The van der Waals surface area contributed by atoms with Gasteiger partial charge in [0.2, 0.25) is 0 Å². The molecule has 0 aliphatic carbocycles. The van der Waals surface area contributed by atoms with E-state index in [4.69, 9.17) is 0 Å². The highest BCUT2D eigenvalue weighted by Crippen LogP contribution is 2.20. The van der Waals surface area contributed by atoms with Crippen molar-refractivity contribution in [1.29, 1.82) is 0 Å². The Morgan fingerprint density at radius 2 is 1.93 bits per heavy atom. The third-order valence-electron chi connectivity index (χ3n) is 1.89. The third-order valence-corrected chi connectivity index (χ3v) is 2.33. The first-order chi connectivity index (χ1) is 6.93. The van der Waals surface area contributed by atoms with E-state index in [-0.39, 0.29) is 5.91 Å². The highest BCUT2D eigenvalue weighted by atomic mass is 79.9. The standard InChI is InChI=1S/C10H14BrN3O/c1-13(2)9-8(10(15)14(3)4)5-7(11)6-12-9/h5-6H,1-4H3. The quantitative estimate of drug-likeness (QED) is 0.820. The van der Waals surface area contributed by atoms with Crippen LogP contribution in [0.3, 0.4) is 0 Å². The predicted octanol–water partition coefficient (Wildman–Crippen LogP) is 1.61. The second-order valence-electron chi connectivity index (χ2n) is 3.62. The van der Waals surface area contributed by atoms with Crippen molar-refractivity contribution >= 4 is 27.7 Å². The lowest BCUT2D eigenvalue weighted by Gasteiger charge is -2.18. The molecule has 0 atom stereocenters. The Morgan fingerprint density at radius 3 is 2.40 bits per heavy atom. The van der Waals surface area contributed by atoms with Gasteiger partial charge in [-0.25, -0.2) is 4.98 Å². The molecule has 0 saturated carbocycles. The number of rotatable bonds is 2. The van der Waals surface area contributed by atoms with E-state index in [0.29, 0.717) is 11.4 Å². The number of amides is 1. The highest BCUT2D eigenvalue weighted by Gasteiger charge is 2.16. The second kappa shape index (κ2) is 4.61. The zero-order valence-electron chi connectivity index (χ0n) is 9.28. The lowest BCUT2D eigenvalue weighted by molar-refractivity contribution is 0.0828. The van der Waals surface area contributed by atoms with Gasteiger partial charge in [-0.1, -0.05) is 0 Å². The number of halogens is 1. The van der Waals surface area contributed by atoms with Gasteiger partial charge >= 0.3 is 0 Å². The molecule has 0 aromatic carbocycles. The summed E-state index contributed by atoms with van der Waals surface area (Å²) in [6.07, 6.45) is 1.68. The number of aromatic nitrogens is 1. The van der Waals surface area contributed by atoms with Gasteiger partial charge in [-0.3, -0.25) is 4.79 Å². The fourth-order valence-corrected chi connectivity index (χ4v) is 1.52. The first-order valence-corrected chi connectivity index (χ1v) is 5.27. The number of carbonyl (C=O) groups excluding carboxylic acids is 1. The number of nitrogens with zero attached hydrogens (tertiary/aromatic N) is 3. The summed E-state index contributed by atoms with van der Waals surface area (Å²) in [5.41, 5.74) is 0.597. The number of hydrogen-bond donors (Lipinski definition) is 0. The molecule has 0 unspecified atom stereocenters. The molecule has 1 aromatic rings. The Bertz CT molecular complexity index is 377. The molecular formula is C10H14BrN3O. The van der Waals surface area contributed by atoms with Crippen molar-refractivity contribution in [2.45, 2.75) is 0 Å². The average Bonchev–Trinajstić information content (AvgIpc) is 2.15. The van der Waals surface area contributed by atoms with Crippen molar-refractivity contribution in [2.75, 3.05) is 33.1 Å². The van der Waals surface area contributed by atoms with E-state index in [1.54, 1.807) is 26.4 Å². The monoisotopic (exact) mass is 271 g/mol. The lowest BCUT2D eigenvalue weighted by Crippen LogP contribution is -2.25. The van der Waals surface area contributed by atoms with Gasteiger partial charge in [0.15, 0.2) is 0 Å². The van der Waals surface area contributed by atoms with Crippen LogP contribution in [0, 0.1) is 0 Å². The van der Waals surface area contributed by atoms with Crippen molar-refractivity contribution in [3.63, 3.8) is 0 Å². The van der Waals surface area contributed by atoms with Crippen LogP contribution >= 0.6 is 15.9 Å². The average molecular weight is 272 g/mol. The molecule has 0 aliphatic heterocycles. The van der Waals surface area contributed by atoms with Gasteiger partial charge in [0.1, 0.15) is 5.82 Å². The molecule has 0 radical (unpaired) electrons. The van der Waals surface area contributed by atoms with Gasteiger partial charge in [0, 0.05) is 38.9 Å². The van der Waals surface area contributed by atoms with E-state index in [0.717, 1.165) is 4.47 Å². The van der Waals surface area contributed by atoms with Gasteiger partial charge in [-0.15, -0.1) is 0 Å². The molecule has 82 valence electrons. The summed E-state index contributed by atoms with van der Waals surface area (Å²) in [7, 11) is 7.18. The van der Waals surface area contributed by atoms with Crippen LogP contribution in [0.25, 0.3) is 0 Å². The molecule has 1 heterocycles. The van der Waals surface area contributed by atoms with Crippen LogP contribution in [0.15, 0.2) is 16.7 Å². The first kappa shape index (κ1) is 12.0. The maximum atomic E-state index is 11.9. The lowest BCUT2D eigenvalue weighted by atomic mass is 10.2. The summed E-state index contributed by atoms with van der Waals surface area (Å²) < 4.78 is 0.804. The van der Waals surface area contributed by atoms with Gasteiger partial charge in [-0.2, -0.15) is 0 Å². The molecule has 1 aromatic heterocycles.